The minimum absolute atomic E-state index is 0.236. The second kappa shape index (κ2) is 3.92. The molecule has 0 spiro atoms. The molecule has 0 saturated carbocycles. The standard InChI is InChI=1S/C10H18N4/c1-7-8(2)14-9(5-12-7)13-6-10(3,4)11/h5H,6,11H2,1-4H3,(H,13,14). The number of anilines is 1. The minimum atomic E-state index is -0.236. The van der Waals surface area contributed by atoms with Crippen LogP contribution in [-0.4, -0.2) is 22.1 Å². The minimum Gasteiger partial charge on any atom is -0.367 e. The smallest absolute Gasteiger partial charge is 0.144 e. The van der Waals surface area contributed by atoms with Crippen LogP contribution in [0.4, 0.5) is 5.82 Å². The molecule has 1 heterocycles. The third-order valence-electron chi connectivity index (χ3n) is 1.92. The average molecular weight is 194 g/mol. The van der Waals surface area contributed by atoms with Crippen LogP contribution in [-0.2, 0) is 0 Å². The second-order valence-electron chi connectivity index (χ2n) is 4.27. The Morgan fingerprint density at radius 1 is 1.36 bits per heavy atom. The van der Waals surface area contributed by atoms with Crippen molar-refractivity contribution in [1.29, 1.82) is 0 Å². The van der Waals surface area contributed by atoms with Crippen molar-refractivity contribution in [2.24, 2.45) is 5.73 Å². The molecule has 0 aliphatic heterocycles. The number of nitrogens with one attached hydrogen (secondary N) is 1. The van der Waals surface area contributed by atoms with Gasteiger partial charge in [-0.05, 0) is 27.7 Å². The maximum Gasteiger partial charge on any atom is 0.144 e. The van der Waals surface area contributed by atoms with Gasteiger partial charge in [-0.15, -0.1) is 0 Å². The van der Waals surface area contributed by atoms with Gasteiger partial charge in [-0.3, -0.25) is 4.98 Å². The summed E-state index contributed by atoms with van der Waals surface area (Å²) in [6, 6.07) is 0. The lowest BCUT2D eigenvalue weighted by Crippen LogP contribution is -2.39. The molecule has 0 atom stereocenters. The summed E-state index contributed by atoms with van der Waals surface area (Å²) < 4.78 is 0. The Hall–Kier alpha value is -1.16. The molecule has 4 nitrogen and oxygen atoms in total. The molecule has 0 aliphatic rings. The Balaban J connectivity index is 2.65. The fraction of sp³-hybridized carbons (Fsp3) is 0.600. The van der Waals surface area contributed by atoms with Gasteiger partial charge in [0.1, 0.15) is 5.82 Å². The topological polar surface area (TPSA) is 63.8 Å². The summed E-state index contributed by atoms with van der Waals surface area (Å²) in [5.41, 5.74) is 7.51. The highest BCUT2D eigenvalue weighted by molar-refractivity contribution is 5.33. The van der Waals surface area contributed by atoms with Crippen LogP contribution in [0.1, 0.15) is 25.2 Å². The number of nitrogens with two attached hydrogens (primary N) is 1. The van der Waals surface area contributed by atoms with E-state index < -0.39 is 0 Å². The van der Waals surface area contributed by atoms with Crippen molar-refractivity contribution in [3.8, 4) is 0 Å². The van der Waals surface area contributed by atoms with Crippen LogP contribution in [0.15, 0.2) is 6.20 Å². The zero-order valence-electron chi connectivity index (χ0n) is 9.26. The first-order valence-electron chi connectivity index (χ1n) is 4.71. The number of aromatic nitrogens is 2. The van der Waals surface area contributed by atoms with Gasteiger partial charge < -0.3 is 11.1 Å². The van der Waals surface area contributed by atoms with Crippen molar-refractivity contribution in [2.45, 2.75) is 33.2 Å². The normalized spacial score (nSPS) is 11.5. The van der Waals surface area contributed by atoms with Gasteiger partial charge in [-0.1, -0.05) is 0 Å². The van der Waals surface area contributed by atoms with E-state index in [9.17, 15) is 0 Å². The van der Waals surface area contributed by atoms with Gasteiger partial charge >= 0.3 is 0 Å². The molecule has 1 aromatic heterocycles. The first kappa shape index (κ1) is 10.9. The third-order valence-corrected chi connectivity index (χ3v) is 1.92. The van der Waals surface area contributed by atoms with Gasteiger partial charge in [0.2, 0.25) is 0 Å². The summed E-state index contributed by atoms with van der Waals surface area (Å²) in [6.07, 6.45) is 1.73. The Morgan fingerprint density at radius 3 is 2.50 bits per heavy atom. The SMILES string of the molecule is Cc1ncc(NCC(C)(C)N)nc1C. The van der Waals surface area contributed by atoms with E-state index in [4.69, 9.17) is 5.73 Å². The molecule has 0 aliphatic carbocycles. The Morgan fingerprint density at radius 2 is 2.00 bits per heavy atom. The lowest BCUT2D eigenvalue weighted by Gasteiger charge is -2.19. The molecule has 3 N–H and O–H groups in total. The molecular weight excluding hydrogens is 176 g/mol. The molecule has 0 bridgehead atoms. The van der Waals surface area contributed by atoms with Gasteiger partial charge in [0.05, 0.1) is 17.6 Å². The summed E-state index contributed by atoms with van der Waals surface area (Å²) in [5.74, 6) is 0.784. The number of nitrogens with zero attached hydrogens (tertiary/aromatic N) is 2. The van der Waals surface area contributed by atoms with E-state index in [0.717, 1.165) is 17.2 Å². The fourth-order valence-corrected chi connectivity index (χ4v) is 0.945. The maximum absolute atomic E-state index is 5.84. The van der Waals surface area contributed by atoms with Crippen LogP contribution in [0, 0.1) is 13.8 Å². The highest BCUT2D eigenvalue weighted by Crippen LogP contribution is 2.06. The van der Waals surface area contributed by atoms with Crippen LogP contribution >= 0.6 is 0 Å². The predicted octanol–water partition coefficient (Wildman–Crippen LogP) is 1.24. The number of hydrogen-bond donors (Lipinski definition) is 2. The fourth-order valence-electron chi connectivity index (χ4n) is 0.945. The largest absolute Gasteiger partial charge is 0.367 e. The summed E-state index contributed by atoms with van der Waals surface area (Å²) in [4.78, 5) is 8.56. The second-order valence-corrected chi connectivity index (χ2v) is 4.27. The molecule has 78 valence electrons. The molecule has 1 rings (SSSR count). The Bertz CT molecular complexity index is 314. The monoisotopic (exact) mass is 194 g/mol. The molecule has 14 heavy (non-hydrogen) atoms. The van der Waals surface area contributed by atoms with E-state index in [0.29, 0.717) is 6.54 Å². The van der Waals surface area contributed by atoms with Crippen molar-refractivity contribution in [3.05, 3.63) is 17.6 Å². The van der Waals surface area contributed by atoms with Gasteiger partial charge in [0.25, 0.3) is 0 Å². The number of aryl methyl sites for hydroxylation is 2. The molecule has 0 aromatic carbocycles. The zero-order valence-corrected chi connectivity index (χ0v) is 9.26. The molecule has 0 radical (unpaired) electrons. The van der Waals surface area contributed by atoms with E-state index in [2.05, 4.69) is 15.3 Å². The van der Waals surface area contributed by atoms with E-state index in [1.165, 1.54) is 0 Å². The van der Waals surface area contributed by atoms with Gasteiger partial charge in [-0.2, -0.15) is 0 Å². The van der Waals surface area contributed by atoms with Crippen molar-refractivity contribution in [3.63, 3.8) is 0 Å². The first-order chi connectivity index (χ1) is 6.38. The lowest BCUT2D eigenvalue weighted by molar-refractivity contribution is 0.548. The molecule has 0 saturated heterocycles. The first-order valence-corrected chi connectivity index (χ1v) is 4.71. The van der Waals surface area contributed by atoms with Gasteiger partial charge in [-0.25, -0.2) is 4.98 Å². The van der Waals surface area contributed by atoms with E-state index in [-0.39, 0.29) is 5.54 Å². The highest BCUT2D eigenvalue weighted by Gasteiger charge is 2.10. The van der Waals surface area contributed by atoms with Crippen LogP contribution in [0.3, 0.4) is 0 Å². The summed E-state index contributed by atoms with van der Waals surface area (Å²) >= 11 is 0. The van der Waals surface area contributed by atoms with E-state index in [1.54, 1.807) is 6.20 Å². The third kappa shape index (κ3) is 3.30. The molecule has 0 unspecified atom stereocenters. The van der Waals surface area contributed by atoms with Crippen molar-refractivity contribution in [2.75, 3.05) is 11.9 Å². The number of hydrogen-bond acceptors (Lipinski definition) is 4. The van der Waals surface area contributed by atoms with Gasteiger partial charge in [0.15, 0.2) is 0 Å². The maximum atomic E-state index is 5.84. The Labute approximate surface area is 85.0 Å². The van der Waals surface area contributed by atoms with Crippen molar-refractivity contribution in [1.82, 2.24) is 9.97 Å². The molecule has 0 fully saturated rings. The molecular formula is C10H18N4. The average Bonchev–Trinajstić information content (AvgIpc) is 2.06. The predicted molar refractivity (Wildman–Crippen MR) is 58.3 cm³/mol. The Kier molecular flexibility index (Phi) is 3.06. The van der Waals surface area contributed by atoms with E-state index in [1.807, 2.05) is 27.7 Å². The highest BCUT2D eigenvalue weighted by atomic mass is 15.0. The quantitative estimate of drug-likeness (QED) is 0.760. The zero-order chi connectivity index (χ0) is 10.8. The molecule has 0 amide bonds. The van der Waals surface area contributed by atoms with Crippen molar-refractivity contribution >= 4 is 5.82 Å². The number of rotatable bonds is 3. The summed E-state index contributed by atoms with van der Waals surface area (Å²) in [6.45, 7) is 8.51. The lowest BCUT2D eigenvalue weighted by atomic mass is 10.1. The molecule has 1 aromatic rings. The molecule has 4 heteroatoms. The van der Waals surface area contributed by atoms with E-state index >= 15 is 0 Å². The van der Waals surface area contributed by atoms with Crippen LogP contribution in [0.5, 0.6) is 0 Å². The van der Waals surface area contributed by atoms with Crippen molar-refractivity contribution < 1.29 is 0 Å². The van der Waals surface area contributed by atoms with Crippen LogP contribution in [0.2, 0.25) is 0 Å². The summed E-state index contributed by atoms with van der Waals surface area (Å²) in [7, 11) is 0. The van der Waals surface area contributed by atoms with Gasteiger partial charge in [0, 0.05) is 12.1 Å². The van der Waals surface area contributed by atoms with Crippen LogP contribution < -0.4 is 11.1 Å². The van der Waals surface area contributed by atoms with Crippen LogP contribution in [0.25, 0.3) is 0 Å². The summed E-state index contributed by atoms with van der Waals surface area (Å²) in [5, 5.41) is 3.15.